The Kier molecular flexibility index (Phi) is 6.89. The van der Waals surface area contributed by atoms with E-state index in [9.17, 15) is 4.79 Å². The zero-order valence-electron chi connectivity index (χ0n) is 18.4. The number of carbonyl (C=O) groups excluding carboxylic acids is 1. The summed E-state index contributed by atoms with van der Waals surface area (Å²) in [6.07, 6.45) is 2.83. The molecule has 4 rings (SSSR count). The molecule has 0 aliphatic carbocycles. The van der Waals surface area contributed by atoms with Gasteiger partial charge >= 0.3 is 6.03 Å². The molecule has 0 radical (unpaired) electrons. The topological polar surface area (TPSA) is 69.4 Å². The van der Waals surface area contributed by atoms with Gasteiger partial charge in [0.15, 0.2) is 0 Å². The second-order valence-corrected chi connectivity index (χ2v) is 8.33. The standard InChI is InChI=1S/C25H32N4O2/c1-18-4-3-5-20(14-18)24(29-10-12-31-13-11-29)17-28-25(30)26-9-8-21-16-27-23-15-19(2)6-7-22(21)23/h3-7,14-16,24,27H,8-13,17H2,1-2H3,(H2,26,28,30). The number of morpholine rings is 1. The summed E-state index contributed by atoms with van der Waals surface area (Å²) >= 11 is 0. The maximum Gasteiger partial charge on any atom is 0.314 e. The fraction of sp³-hybridized carbons (Fsp3) is 0.400. The highest BCUT2D eigenvalue weighted by Gasteiger charge is 2.23. The molecule has 164 valence electrons. The van der Waals surface area contributed by atoms with Gasteiger partial charge in [-0.15, -0.1) is 0 Å². The highest BCUT2D eigenvalue weighted by Crippen LogP contribution is 2.22. The van der Waals surface area contributed by atoms with E-state index in [4.69, 9.17) is 4.74 Å². The summed E-state index contributed by atoms with van der Waals surface area (Å²) < 4.78 is 5.52. The number of aromatic nitrogens is 1. The lowest BCUT2D eigenvalue weighted by molar-refractivity contribution is 0.0167. The quantitative estimate of drug-likeness (QED) is 0.546. The fourth-order valence-corrected chi connectivity index (χ4v) is 4.29. The Labute approximate surface area is 184 Å². The van der Waals surface area contributed by atoms with Crippen LogP contribution in [0.1, 0.15) is 28.3 Å². The number of hydrogen-bond acceptors (Lipinski definition) is 3. The van der Waals surface area contributed by atoms with E-state index in [1.807, 2.05) is 6.20 Å². The number of nitrogens with one attached hydrogen (secondary N) is 3. The molecule has 1 atom stereocenters. The lowest BCUT2D eigenvalue weighted by atomic mass is 10.0. The molecule has 0 bridgehead atoms. The van der Waals surface area contributed by atoms with E-state index in [1.165, 1.54) is 27.6 Å². The highest BCUT2D eigenvalue weighted by atomic mass is 16.5. The Bertz CT molecular complexity index is 1020. The predicted molar refractivity (Wildman–Crippen MR) is 124 cm³/mol. The van der Waals surface area contributed by atoms with Gasteiger partial charge in [-0.1, -0.05) is 42.0 Å². The van der Waals surface area contributed by atoms with E-state index in [-0.39, 0.29) is 12.1 Å². The van der Waals surface area contributed by atoms with Crippen LogP contribution in [0.2, 0.25) is 0 Å². The number of rotatable bonds is 7. The van der Waals surface area contributed by atoms with Crippen molar-refractivity contribution < 1.29 is 9.53 Å². The molecule has 1 unspecified atom stereocenters. The molecule has 1 fully saturated rings. The van der Waals surface area contributed by atoms with Crippen LogP contribution in [-0.2, 0) is 11.2 Å². The largest absolute Gasteiger partial charge is 0.379 e. The molecule has 3 N–H and O–H groups in total. The molecule has 2 amide bonds. The first kappa shape index (κ1) is 21.4. The normalized spacial score (nSPS) is 15.7. The number of carbonyl (C=O) groups is 1. The average molecular weight is 421 g/mol. The maximum absolute atomic E-state index is 12.5. The van der Waals surface area contributed by atoms with Gasteiger partial charge in [0.05, 0.1) is 19.3 Å². The van der Waals surface area contributed by atoms with E-state index < -0.39 is 0 Å². The molecule has 2 aromatic carbocycles. The minimum atomic E-state index is -0.124. The van der Waals surface area contributed by atoms with Gasteiger partial charge in [-0.25, -0.2) is 4.79 Å². The van der Waals surface area contributed by atoms with Gasteiger partial charge in [-0.2, -0.15) is 0 Å². The molecule has 6 heteroatoms. The van der Waals surface area contributed by atoms with Crippen molar-refractivity contribution in [2.24, 2.45) is 0 Å². The highest BCUT2D eigenvalue weighted by molar-refractivity contribution is 5.83. The summed E-state index contributed by atoms with van der Waals surface area (Å²) in [5, 5.41) is 7.32. The fourth-order valence-electron chi connectivity index (χ4n) is 4.29. The first-order valence-corrected chi connectivity index (χ1v) is 11.1. The number of H-pyrrole nitrogens is 1. The van der Waals surface area contributed by atoms with E-state index in [2.05, 4.69) is 76.8 Å². The summed E-state index contributed by atoms with van der Waals surface area (Å²) in [6, 6.07) is 15.0. The van der Waals surface area contributed by atoms with E-state index >= 15 is 0 Å². The molecule has 1 saturated heterocycles. The van der Waals surface area contributed by atoms with Crippen LogP contribution in [0.3, 0.4) is 0 Å². The van der Waals surface area contributed by atoms with Crippen LogP contribution >= 0.6 is 0 Å². The third-order valence-corrected chi connectivity index (χ3v) is 5.97. The number of aryl methyl sites for hydroxylation is 2. The second-order valence-electron chi connectivity index (χ2n) is 8.33. The zero-order valence-corrected chi connectivity index (χ0v) is 18.4. The van der Waals surface area contributed by atoms with Gasteiger partial charge in [-0.05, 0) is 43.0 Å². The molecule has 1 aromatic heterocycles. The minimum Gasteiger partial charge on any atom is -0.379 e. The van der Waals surface area contributed by atoms with Gasteiger partial charge in [0.2, 0.25) is 0 Å². The number of ether oxygens (including phenoxy) is 1. The molecule has 6 nitrogen and oxygen atoms in total. The molecule has 31 heavy (non-hydrogen) atoms. The van der Waals surface area contributed by atoms with Crippen LogP contribution in [0.25, 0.3) is 10.9 Å². The molecular weight excluding hydrogens is 388 g/mol. The Morgan fingerprint density at radius 3 is 2.71 bits per heavy atom. The van der Waals surface area contributed by atoms with Gasteiger partial charge in [-0.3, -0.25) is 4.90 Å². The zero-order chi connectivity index (χ0) is 21.6. The summed E-state index contributed by atoms with van der Waals surface area (Å²) in [4.78, 5) is 18.2. The summed E-state index contributed by atoms with van der Waals surface area (Å²) in [7, 11) is 0. The van der Waals surface area contributed by atoms with Crippen molar-refractivity contribution in [2.75, 3.05) is 39.4 Å². The third-order valence-electron chi connectivity index (χ3n) is 5.97. The number of aromatic amines is 1. The van der Waals surface area contributed by atoms with Crippen molar-refractivity contribution in [1.82, 2.24) is 20.5 Å². The van der Waals surface area contributed by atoms with Crippen LogP contribution in [0, 0.1) is 13.8 Å². The van der Waals surface area contributed by atoms with E-state index in [1.54, 1.807) is 0 Å². The van der Waals surface area contributed by atoms with Gasteiger partial charge < -0.3 is 20.4 Å². The van der Waals surface area contributed by atoms with Crippen molar-refractivity contribution in [3.8, 4) is 0 Å². The van der Waals surface area contributed by atoms with Gasteiger partial charge in [0.25, 0.3) is 0 Å². The molecule has 0 spiro atoms. The van der Waals surface area contributed by atoms with Crippen molar-refractivity contribution in [1.29, 1.82) is 0 Å². The summed E-state index contributed by atoms with van der Waals surface area (Å²) in [5.74, 6) is 0. The number of amides is 2. The number of urea groups is 1. The summed E-state index contributed by atoms with van der Waals surface area (Å²) in [5.41, 5.74) is 6.07. The smallest absolute Gasteiger partial charge is 0.314 e. The van der Waals surface area contributed by atoms with E-state index in [0.717, 1.165) is 38.2 Å². The van der Waals surface area contributed by atoms with Crippen LogP contribution in [0.4, 0.5) is 4.79 Å². The van der Waals surface area contributed by atoms with Crippen LogP contribution in [0.15, 0.2) is 48.7 Å². The SMILES string of the molecule is Cc1cccc(C(CNC(=O)NCCc2c[nH]c3cc(C)ccc23)N2CCOCC2)c1. The Morgan fingerprint density at radius 2 is 1.90 bits per heavy atom. The lowest BCUT2D eigenvalue weighted by Gasteiger charge is -2.35. The molecule has 2 heterocycles. The van der Waals surface area contributed by atoms with Crippen LogP contribution < -0.4 is 10.6 Å². The van der Waals surface area contributed by atoms with Gasteiger partial charge in [0.1, 0.15) is 0 Å². The van der Waals surface area contributed by atoms with Crippen LogP contribution in [0.5, 0.6) is 0 Å². The average Bonchev–Trinajstić information content (AvgIpc) is 3.16. The summed E-state index contributed by atoms with van der Waals surface area (Å²) in [6.45, 7) is 8.58. The van der Waals surface area contributed by atoms with Crippen molar-refractivity contribution in [2.45, 2.75) is 26.3 Å². The Balaban J connectivity index is 1.32. The van der Waals surface area contributed by atoms with Crippen molar-refractivity contribution >= 4 is 16.9 Å². The predicted octanol–water partition coefficient (Wildman–Crippen LogP) is 3.70. The molecule has 1 aliphatic rings. The molecule has 0 saturated carbocycles. The van der Waals surface area contributed by atoms with Crippen molar-refractivity contribution in [3.05, 3.63) is 70.9 Å². The van der Waals surface area contributed by atoms with Crippen LogP contribution in [-0.4, -0.2) is 55.3 Å². The first-order valence-electron chi connectivity index (χ1n) is 11.1. The molecule has 3 aromatic rings. The Morgan fingerprint density at radius 1 is 1.10 bits per heavy atom. The molecule has 1 aliphatic heterocycles. The van der Waals surface area contributed by atoms with Crippen molar-refractivity contribution in [3.63, 3.8) is 0 Å². The first-order chi connectivity index (χ1) is 15.1. The maximum atomic E-state index is 12.5. The van der Waals surface area contributed by atoms with E-state index in [0.29, 0.717) is 13.1 Å². The lowest BCUT2D eigenvalue weighted by Crippen LogP contribution is -2.46. The second kappa shape index (κ2) is 9.98. The number of fused-ring (bicyclic) bond motifs is 1. The Hall–Kier alpha value is -2.83. The van der Waals surface area contributed by atoms with Gasteiger partial charge in [0, 0.05) is 43.3 Å². The monoisotopic (exact) mass is 420 g/mol. The number of hydrogen-bond donors (Lipinski definition) is 3. The molecular formula is C25H32N4O2. The number of nitrogens with zero attached hydrogens (tertiary/aromatic N) is 1. The third kappa shape index (κ3) is 5.46. The number of benzene rings is 2. The minimum absolute atomic E-state index is 0.124.